The topological polar surface area (TPSA) is 59.4 Å². The number of fused-ring (bicyclic) bond motifs is 1. The molecule has 114 valence electrons. The molecular weight excluding hydrogens is 316 g/mol. The molecule has 2 aromatic rings. The molecule has 1 aliphatic rings. The zero-order chi connectivity index (χ0) is 15.9. The summed E-state index contributed by atoms with van der Waals surface area (Å²) in [5.41, 5.74) is 1.16. The van der Waals surface area contributed by atoms with Crippen molar-refractivity contribution in [2.75, 3.05) is 0 Å². The summed E-state index contributed by atoms with van der Waals surface area (Å²) in [5.74, 6) is -2.44. The van der Waals surface area contributed by atoms with Gasteiger partial charge in [-0.05, 0) is 36.6 Å². The molecule has 2 heterocycles. The Morgan fingerprint density at radius 3 is 2.77 bits per heavy atom. The average molecular weight is 326 g/mol. The van der Waals surface area contributed by atoms with E-state index in [1.54, 1.807) is 0 Å². The van der Waals surface area contributed by atoms with Crippen molar-refractivity contribution in [1.29, 1.82) is 0 Å². The minimum atomic E-state index is -1.10. The van der Waals surface area contributed by atoms with E-state index in [-0.39, 0.29) is 23.0 Å². The highest BCUT2D eigenvalue weighted by molar-refractivity contribution is 6.29. The molecule has 0 saturated carbocycles. The number of carboxylic acid groups (broad SMARTS) is 1. The summed E-state index contributed by atoms with van der Waals surface area (Å²) in [5, 5.41) is 9.05. The molecule has 1 aliphatic heterocycles. The van der Waals surface area contributed by atoms with E-state index in [2.05, 4.69) is 4.98 Å². The third-order valence-electron chi connectivity index (χ3n) is 3.46. The SMILES string of the molecule is O=C(O)C1CCc2c(-c3ccc(F)cc3F)cc(Cl)nc2O1. The van der Waals surface area contributed by atoms with Gasteiger partial charge in [0.1, 0.15) is 16.8 Å². The van der Waals surface area contributed by atoms with Crippen LogP contribution in [0.3, 0.4) is 0 Å². The van der Waals surface area contributed by atoms with E-state index in [0.717, 1.165) is 12.1 Å². The molecule has 4 nitrogen and oxygen atoms in total. The van der Waals surface area contributed by atoms with Gasteiger partial charge in [-0.15, -0.1) is 0 Å². The van der Waals surface area contributed by atoms with Gasteiger partial charge in [0.2, 0.25) is 5.88 Å². The smallest absolute Gasteiger partial charge is 0.344 e. The van der Waals surface area contributed by atoms with Gasteiger partial charge in [0.15, 0.2) is 6.10 Å². The van der Waals surface area contributed by atoms with Crippen molar-refractivity contribution in [1.82, 2.24) is 4.98 Å². The van der Waals surface area contributed by atoms with E-state index in [1.165, 1.54) is 12.1 Å². The first-order valence-electron chi connectivity index (χ1n) is 6.50. The van der Waals surface area contributed by atoms with Crippen molar-refractivity contribution in [3.63, 3.8) is 0 Å². The van der Waals surface area contributed by atoms with Gasteiger partial charge in [-0.3, -0.25) is 0 Å². The molecule has 0 radical (unpaired) electrons. The number of benzene rings is 1. The van der Waals surface area contributed by atoms with Crippen LogP contribution in [0.4, 0.5) is 8.78 Å². The Kier molecular flexibility index (Phi) is 3.70. The zero-order valence-electron chi connectivity index (χ0n) is 11.1. The van der Waals surface area contributed by atoms with Crippen molar-refractivity contribution in [2.24, 2.45) is 0 Å². The predicted octanol–water partition coefficient (Wildman–Crippen LogP) is 3.46. The number of hydrogen-bond donors (Lipinski definition) is 1. The third kappa shape index (κ3) is 2.62. The normalized spacial score (nSPS) is 16.8. The molecule has 1 atom stereocenters. The fourth-order valence-electron chi connectivity index (χ4n) is 2.45. The number of halogens is 3. The Labute approximate surface area is 129 Å². The molecule has 0 bridgehead atoms. The van der Waals surface area contributed by atoms with Gasteiger partial charge < -0.3 is 9.84 Å². The number of carbonyl (C=O) groups is 1. The largest absolute Gasteiger partial charge is 0.479 e. The Bertz CT molecular complexity index is 767. The van der Waals surface area contributed by atoms with Gasteiger partial charge in [0, 0.05) is 17.2 Å². The molecular formula is C15H10ClF2NO3. The third-order valence-corrected chi connectivity index (χ3v) is 3.66. The molecule has 0 saturated heterocycles. The van der Waals surface area contributed by atoms with Crippen LogP contribution in [0.2, 0.25) is 5.15 Å². The second kappa shape index (κ2) is 5.53. The van der Waals surface area contributed by atoms with Gasteiger partial charge in [-0.25, -0.2) is 18.6 Å². The fraction of sp³-hybridized carbons (Fsp3) is 0.200. The number of rotatable bonds is 2. The second-order valence-electron chi connectivity index (χ2n) is 4.88. The first kappa shape index (κ1) is 14.7. The fourth-order valence-corrected chi connectivity index (χ4v) is 2.63. The Balaban J connectivity index is 2.12. The molecule has 0 fully saturated rings. The van der Waals surface area contributed by atoms with Crippen LogP contribution in [0.5, 0.6) is 5.88 Å². The van der Waals surface area contributed by atoms with Crippen LogP contribution >= 0.6 is 11.6 Å². The second-order valence-corrected chi connectivity index (χ2v) is 5.27. The van der Waals surface area contributed by atoms with Gasteiger partial charge in [-0.2, -0.15) is 0 Å². The van der Waals surface area contributed by atoms with Crippen LogP contribution in [-0.4, -0.2) is 22.2 Å². The number of pyridine rings is 1. The summed E-state index contributed by atoms with van der Waals surface area (Å²) >= 11 is 5.91. The number of hydrogen-bond acceptors (Lipinski definition) is 3. The lowest BCUT2D eigenvalue weighted by Gasteiger charge is -2.24. The molecule has 0 spiro atoms. The summed E-state index contributed by atoms with van der Waals surface area (Å²) in [6.07, 6.45) is -0.422. The molecule has 3 rings (SSSR count). The number of carboxylic acids is 1. The summed E-state index contributed by atoms with van der Waals surface area (Å²) in [6.45, 7) is 0. The van der Waals surface area contributed by atoms with E-state index in [4.69, 9.17) is 21.4 Å². The van der Waals surface area contributed by atoms with Crippen molar-refractivity contribution in [3.8, 4) is 17.0 Å². The number of aliphatic carboxylic acids is 1. The summed E-state index contributed by atoms with van der Waals surface area (Å²) in [7, 11) is 0. The van der Waals surface area contributed by atoms with E-state index in [9.17, 15) is 13.6 Å². The standard InChI is InChI=1S/C15H10ClF2NO3/c16-13-6-10(8-2-1-7(17)5-11(8)18)9-3-4-12(15(20)21)22-14(9)19-13/h1-2,5-6,12H,3-4H2,(H,20,21). The van der Waals surface area contributed by atoms with Gasteiger partial charge in [0.25, 0.3) is 0 Å². The quantitative estimate of drug-likeness (QED) is 0.859. The Morgan fingerprint density at radius 2 is 2.09 bits per heavy atom. The lowest BCUT2D eigenvalue weighted by Crippen LogP contribution is -2.31. The van der Waals surface area contributed by atoms with Gasteiger partial charge in [-0.1, -0.05) is 11.6 Å². The highest BCUT2D eigenvalue weighted by Crippen LogP contribution is 2.37. The zero-order valence-corrected chi connectivity index (χ0v) is 11.9. The maximum absolute atomic E-state index is 14.0. The minimum Gasteiger partial charge on any atom is -0.479 e. The predicted molar refractivity (Wildman–Crippen MR) is 75.0 cm³/mol. The summed E-state index contributed by atoms with van der Waals surface area (Å²) in [6, 6.07) is 4.68. The highest BCUT2D eigenvalue weighted by Gasteiger charge is 2.29. The van der Waals surface area contributed by atoms with Crippen LogP contribution in [0.15, 0.2) is 24.3 Å². The maximum atomic E-state index is 14.0. The average Bonchev–Trinajstić information content (AvgIpc) is 2.45. The lowest BCUT2D eigenvalue weighted by molar-refractivity contribution is -0.145. The van der Waals surface area contributed by atoms with Gasteiger partial charge >= 0.3 is 5.97 Å². The first-order valence-corrected chi connectivity index (χ1v) is 6.88. The van der Waals surface area contributed by atoms with Gasteiger partial charge in [0.05, 0.1) is 0 Å². The van der Waals surface area contributed by atoms with E-state index < -0.39 is 23.7 Å². The van der Waals surface area contributed by atoms with Crippen LogP contribution in [0.1, 0.15) is 12.0 Å². The minimum absolute atomic E-state index is 0.0449. The summed E-state index contributed by atoms with van der Waals surface area (Å²) in [4.78, 5) is 15.0. The molecule has 22 heavy (non-hydrogen) atoms. The van der Waals surface area contributed by atoms with Crippen molar-refractivity contribution < 1.29 is 23.4 Å². The van der Waals surface area contributed by atoms with E-state index in [1.807, 2.05) is 0 Å². The summed E-state index contributed by atoms with van der Waals surface area (Å²) < 4.78 is 32.4. The molecule has 1 unspecified atom stereocenters. The first-order chi connectivity index (χ1) is 10.5. The monoisotopic (exact) mass is 325 g/mol. The molecule has 0 aliphatic carbocycles. The molecule has 1 N–H and O–H groups in total. The Hall–Kier alpha value is -2.21. The van der Waals surface area contributed by atoms with Crippen LogP contribution in [0, 0.1) is 11.6 Å². The van der Waals surface area contributed by atoms with E-state index in [0.29, 0.717) is 17.5 Å². The van der Waals surface area contributed by atoms with Crippen LogP contribution < -0.4 is 4.74 Å². The van der Waals surface area contributed by atoms with Crippen LogP contribution in [0.25, 0.3) is 11.1 Å². The molecule has 1 aromatic heterocycles. The van der Waals surface area contributed by atoms with E-state index >= 15 is 0 Å². The number of ether oxygens (including phenoxy) is 1. The van der Waals surface area contributed by atoms with Crippen LogP contribution in [-0.2, 0) is 11.2 Å². The molecule has 1 aromatic carbocycles. The number of nitrogens with zero attached hydrogens (tertiary/aromatic N) is 1. The van der Waals surface area contributed by atoms with Crippen molar-refractivity contribution in [2.45, 2.75) is 18.9 Å². The van der Waals surface area contributed by atoms with Crippen molar-refractivity contribution >= 4 is 17.6 Å². The molecule has 0 amide bonds. The highest BCUT2D eigenvalue weighted by atomic mass is 35.5. The Morgan fingerprint density at radius 1 is 1.32 bits per heavy atom. The number of aromatic nitrogens is 1. The lowest BCUT2D eigenvalue weighted by atomic mass is 9.95. The molecule has 7 heteroatoms. The van der Waals surface area contributed by atoms with Crippen molar-refractivity contribution in [3.05, 3.63) is 46.6 Å². The maximum Gasteiger partial charge on any atom is 0.344 e.